The molecule has 1 aliphatic heterocycles. The summed E-state index contributed by atoms with van der Waals surface area (Å²) in [5.74, 6) is 0.681. The second-order valence-electron chi connectivity index (χ2n) is 5.34. The first kappa shape index (κ1) is 16.1. The molecule has 2 amide bonds. The molecule has 0 aliphatic carbocycles. The summed E-state index contributed by atoms with van der Waals surface area (Å²) in [7, 11) is 0. The number of hydrogen-bond acceptors (Lipinski definition) is 4. The Morgan fingerprint density at radius 3 is 2.41 bits per heavy atom. The highest BCUT2D eigenvalue weighted by molar-refractivity contribution is 5.81. The zero-order chi connectivity index (χ0) is 15.9. The third-order valence-corrected chi connectivity index (χ3v) is 3.60. The SMILES string of the molecule is CCCOc1ccc(OCC(=O)N2CCC(C(N)=O)C2)cc1. The van der Waals surface area contributed by atoms with Crippen molar-refractivity contribution in [2.75, 3.05) is 26.3 Å². The van der Waals surface area contributed by atoms with E-state index in [1.165, 1.54) is 0 Å². The van der Waals surface area contributed by atoms with Gasteiger partial charge < -0.3 is 20.1 Å². The molecule has 1 atom stereocenters. The van der Waals surface area contributed by atoms with E-state index in [0.29, 0.717) is 31.9 Å². The fourth-order valence-electron chi connectivity index (χ4n) is 2.31. The van der Waals surface area contributed by atoms with Crippen molar-refractivity contribution in [1.29, 1.82) is 0 Å². The van der Waals surface area contributed by atoms with E-state index in [9.17, 15) is 9.59 Å². The summed E-state index contributed by atoms with van der Waals surface area (Å²) in [6.07, 6.45) is 1.58. The smallest absolute Gasteiger partial charge is 0.260 e. The molecule has 1 unspecified atom stereocenters. The number of amides is 2. The fourth-order valence-corrected chi connectivity index (χ4v) is 2.31. The van der Waals surface area contributed by atoms with Crippen LogP contribution in [0.3, 0.4) is 0 Å². The Bertz CT molecular complexity index is 515. The van der Waals surface area contributed by atoms with Gasteiger partial charge in [-0.05, 0) is 37.1 Å². The second kappa shape index (κ2) is 7.68. The molecular weight excluding hydrogens is 284 g/mol. The predicted molar refractivity (Wildman–Crippen MR) is 81.6 cm³/mol. The van der Waals surface area contributed by atoms with Crippen molar-refractivity contribution < 1.29 is 19.1 Å². The highest BCUT2D eigenvalue weighted by Crippen LogP contribution is 2.19. The molecule has 1 aromatic rings. The maximum atomic E-state index is 12.0. The number of hydrogen-bond donors (Lipinski definition) is 1. The lowest BCUT2D eigenvalue weighted by atomic mass is 10.1. The minimum atomic E-state index is -0.348. The molecule has 0 bridgehead atoms. The van der Waals surface area contributed by atoms with Crippen molar-refractivity contribution in [3.8, 4) is 11.5 Å². The van der Waals surface area contributed by atoms with Crippen LogP contribution < -0.4 is 15.2 Å². The van der Waals surface area contributed by atoms with Gasteiger partial charge in [0, 0.05) is 13.1 Å². The molecule has 0 aromatic heterocycles. The van der Waals surface area contributed by atoms with Crippen LogP contribution in [0.5, 0.6) is 11.5 Å². The van der Waals surface area contributed by atoms with Crippen LogP contribution in [0, 0.1) is 5.92 Å². The molecule has 0 spiro atoms. The lowest BCUT2D eigenvalue weighted by Gasteiger charge is -2.16. The highest BCUT2D eigenvalue weighted by Gasteiger charge is 2.29. The van der Waals surface area contributed by atoms with Gasteiger partial charge in [-0.3, -0.25) is 9.59 Å². The maximum absolute atomic E-state index is 12.0. The summed E-state index contributed by atoms with van der Waals surface area (Å²) in [4.78, 5) is 24.7. The van der Waals surface area contributed by atoms with Gasteiger partial charge in [-0.25, -0.2) is 0 Å². The molecule has 6 nitrogen and oxygen atoms in total. The van der Waals surface area contributed by atoms with Gasteiger partial charge >= 0.3 is 0 Å². The normalized spacial score (nSPS) is 17.3. The first-order valence-corrected chi connectivity index (χ1v) is 7.53. The Kier molecular flexibility index (Phi) is 5.63. The molecule has 120 valence electrons. The Morgan fingerprint density at radius 1 is 1.23 bits per heavy atom. The average molecular weight is 306 g/mol. The summed E-state index contributed by atoms with van der Waals surface area (Å²) in [6.45, 7) is 3.63. The van der Waals surface area contributed by atoms with Crippen LogP contribution in [0.4, 0.5) is 0 Å². The fraction of sp³-hybridized carbons (Fsp3) is 0.500. The monoisotopic (exact) mass is 306 g/mol. The standard InChI is InChI=1S/C16H22N2O4/c1-2-9-21-13-3-5-14(6-4-13)22-11-15(19)18-8-7-12(10-18)16(17)20/h3-6,12H,2,7-11H2,1H3,(H2,17,20). The highest BCUT2D eigenvalue weighted by atomic mass is 16.5. The topological polar surface area (TPSA) is 81.9 Å². The summed E-state index contributed by atoms with van der Waals surface area (Å²) >= 11 is 0. The van der Waals surface area contributed by atoms with Crippen molar-refractivity contribution in [3.05, 3.63) is 24.3 Å². The van der Waals surface area contributed by atoms with E-state index >= 15 is 0 Å². The largest absolute Gasteiger partial charge is 0.494 e. The van der Waals surface area contributed by atoms with E-state index in [1.807, 2.05) is 19.1 Å². The van der Waals surface area contributed by atoms with Crippen molar-refractivity contribution in [2.24, 2.45) is 11.7 Å². The molecule has 1 heterocycles. The second-order valence-corrected chi connectivity index (χ2v) is 5.34. The minimum absolute atomic E-state index is 0.0410. The Balaban J connectivity index is 1.78. The Labute approximate surface area is 130 Å². The number of likely N-dealkylation sites (tertiary alicyclic amines) is 1. The molecule has 22 heavy (non-hydrogen) atoms. The number of rotatable bonds is 7. The van der Waals surface area contributed by atoms with Crippen LogP contribution in [-0.2, 0) is 9.59 Å². The van der Waals surface area contributed by atoms with Gasteiger partial charge in [0.05, 0.1) is 12.5 Å². The first-order chi connectivity index (χ1) is 10.6. The molecule has 1 aliphatic rings. The Hall–Kier alpha value is -2.24. The Morgan fingerprint density at radius 2 is 1.86 bits per heavy atom. The number of nitrogens with two attached hydrogens (primary N) is 1. The zero-order valence-electron chi connectivity index (χ0n) is 12.8. The van der Waals surface area contributed by atoms with Gasteiger partial charge in [0.25, 0.3) is 5.91 Å². The number of ether oxygens (including phenoxy) is 2. The van der Waals surface area contributed by atoms with Crippen molar-refractivity contribution in [1.82, 2.24) is 4.90 Å². The van der Waals surface area contributed by atoms with Crippen LogP contribution in [-0.4, -0.2) is 43.0 Å². The molecule has 2 N–H and O–H groups in total. The van der Waals surface area contributed by atoms with E-state index in [1.54, 1.807) is 17.0 Å². The zero-order valence-corrected chi connectivity index (χ0v) is 12.8. The average Bonchev–Trinajstić information content (AvgIpc) is 3.02. The molecule has 2 rings (SSSR count). The number of carbonyl (C=O) groups is 2. The molecule has 0 radical (unpaired) electrons. The third-order valence-electron chi connectivity index (χ3n) is 3.60. The van der Waals surface area contributed by atoms with E-state index in [2.05, 4.69) is 0 Å². The number of nitrogens with zero attached hydrogens (tertiary/aromatic N) is 1. The first-order valence-electron chi connectivity index (χ1n) is 7.53. The summed E-state index contributed by atoms with van der Waals surface area (Å²) < 4.78 is 10.9. The summed E-state index contributed by atoms with van der Waals surface area (Å²) in [6, 6.07) is 7.17. The predicted octanol–water partition coefficient (Wildman–Crippen LogP) is 1.19. The van der Waals surface area contributed by atoms with Crippen LogP contribution in [0.2, 0.25) is 0 Å². The number of primary amides is 1. The van der Waals surface area contributed by atoms with Gasteiger partial charge in [-0.1, -0.05) is 6.92 Å². The molecule has 6 heteroatoms. The van der Waals surface area contributed by atoms with Gasteiger partial charge in [-0.2, -0.15) is 0 Å². The number of benzene rings is 1. The molecule has 1 saturated heterocycles. The van der Waals surface area contributed by atoms with E-state index in [0.717, 1.165) is 12.2 Å². The van der Waals surface area contributed by atoms with Crippen LogP contribution in [0.25, 0.3) is 0 Å². The maximum Gasteiger partial charge on any atom is 0.260 e. The molecular formula is C16H22N2O4. The minimum Gasteiger partial charge on any atom is -0.494 e. The van der Waals surface area contributed by atoms with Crippen molar-refractivity contribution in [3.63, 3.8) is 0 Å². The van der Waals surface area contributed by atoms with Crippen molar-refractivity contribution in [2.45, 2.75) is 19.8 Å². The third kappa shape index (κ3) is 4.38. The lowest BCUT2D eigenvalue weighted by Crippen LogP contribution is -2.34. The van der Waals surface area contributed by atoms with Gasteiger partial charge in [0.1, 0.15) is 11.5 Å². The van der Waals surface area contributed by atoms with E-state index in [-0.39, 0.29) is 24.3 Å². The van der Waals surface area contributed by atoms with Gasteiger partial charge in [0.15, 0.2) is 6.61 Å². The van der Waals surface area contributed by atoms with Gasteiger partial charge in [0.2, 0.25) is 5.91 Å². The van der Waals surface area contributed by atoms with Crippen LogP contribution in [0.1, 0.15) is 19.8 Å². The van der Waals surface area contributed by atoms with Crippen LogP contribution in [0.15, 0.2) is 24.3 Å². The van der Waals surface area contributed by atoms with Gasteiger partial charge in [-0.15, -0.1) is 0 Å². The molecule has 1 aromatic carbocycles. The summed E-state index contributed by atoms with van der Waals surface area (Å²) in [5.41, 5.74) is 5.25. The van der Waals surface area contributed by atoms with E-state index in [4.69, 9.17) is 15.2 Å². The van der Waals surface area contributed by atoms with E-state index < -0.39 is 0 Å². The van der Waals surface area contributed by atoms with Crippen molar-refractivity contribution >= 4 is 11.8 Å². The van der Waals surface area contributed by atoms with Crippen LogP contribution >= 0.6 is 0 Å². The number of carbonyl (C=O) groups excluding carboxylic acids is 2. The molecule has 0 saturated carbocycles. The molecule has 1 fully saturated rings. The quantitative estimate of drug-likeness (QED) is 0.820. The lowest BCUT2D eigenvalue weighted by molar-refractivity contribution is -0.132. The summed E-state index contributed by atoms with van der Waals surface area (Å²) in [5, 5.41) is 0.